The molecule has 5 N–H and O–H groups in total. The minimum absolute atomic E-state index is 0.00938. The summed E-state index contributed by atoms with van der Waals surface area (Å²) in [6, 6.07) is 7.72. The molecule has 0 unspecified atom stereocenters. The van der Waals surface area contributed by atoms with Gasteiger partial charge in [-0.25, -0.2) is 4.79 Å². The van der Waals surface area contributed by atoms with Crippen molar-refractivity contribution in [3.8, 4) is 0 Å². The number of carbonyl (C=O) groups excluding carboxylic acids is 3. The number of ketones is 1. The Bertz CT molecular complexity index is 791. The van der Waals surface area contributed by atoms with Crippen molar-refractivity contribution in [2.45, 2.75) is 32.2 Å². The van der Waals surface area contributed by atoms with Gasteiger partial charge < -0.3 is 16.8 Å². The number of primary amides is 1. The molecule has 0 saturated carbocycles. The van der Waals surface area contributed by atoms with E-state index in [1.54, 1.807) is 6.92 Å². The molecule has 0 aliphatic rings. The fraction of sp³-hybridized carbons (Fsp3) is 0.353. The van der Waals surface area contributed by atoms with Gasteiger partial charge in [-0.15, -0.1) is 10.2 Å². The third-order valence-corrected chi connectivity index (χ3v) is 3.75. The van der Waals surface area contributed by atoms with Crippen LogP contribution in [0.5, 0.6) is 0 Å². The van der Waals surface area contributed by atoms with E-state index in [-0.39, 0.29) is 31.0 Å². The summed E-state index contributed by atoms with van der Waals surface area (Å²) in [5.74, 6) is -0.725. The second-order valence-corrected chi connectivity index (χ2v) is 5.85. The van der Waals surface area contributed by atoms with Crippen LogP contribution in [0.3, 0.4) is 0 Å². The maximum atomic E-state index is 12.8. The zero-order valence-corrected chi connectivity index (χ0v) is 15.0. The molecule has 0 bridgehead atoms. The summed E-state index contributed by atoms with van der Waals surface area (Å²) in [6.45, 7) is 2.15. The molecule has 2 aromatic rings. The van der Waals surface area contributed by atoms with Crippen LogP contribution >= 0.6 is 0 Å². The van der Waals surface area contributed by atoms with Crippen LogP contribution in [-0.2, 0) is 16.0 Å². The quantitative estimate of drug-likeness (QED) is 0.539. The molecule has 10 heteroatoms. The molecule has 1 aromatic heterocycles. The Labute approximate surface area is 156 Å². The summed E-state index contributed by atoms with van der Waals surface area (Å²) in [5, 5.41) is 14.1. The lowest BCUT2D eigenvalue weighted by molar-refractivity contribution is -0.119. The Morgan fingerprint density at radius 3 is 2.56 bits per heavy atom. The number of tetrazole rings is 1. The molecule has 27 heavy (non-hydrogen) atoms. The van der Waals surface area contributed by atoms with Gasteiger partial charge in [-0.05, 0) is 30.5 Å². The van der Waals surface area contributed by atoms with Gasteiger partial charge in [0.1, 0.15) is 5.92 Å². The molecule has 0 saturated heterocycles. The second kappa shape index (κ2) is 9.53. The van der Waals surface area contributed by atoms with Gasteiger partial charge >= 0.3 is 6.03 Å². The number of Topliss-reactive ketones (excluding diaryl/α,β-unsaturated/α-hetero) is 1. The summed E-state index contributed by atoms with van der Waals surface area (Å²) in [7, 11) is 0. The lowest BCUT2D eigenvalue weighted by Gasteiger charge is -2.16. The number of nitrogens with one attached hydrogen (secondary N) is 1. The number of hydrogen-bond acceptors (Lipinski definition) is 7. The minimum atomic E-state index is -0.937. The number of carbonyl (C=O) groups is 3. The van der Waals surface area contributed by atoms with E-state index in [9.17, 15) is 14.4 Å². The van der Waals surface area contributed by atoms with Gasteiger partial charge in [0.15, 0.2) is 11.6 Å². The van der Waals surface area contributed by atoms with Gasteiger partial charge in [-0.3, -0.25) is 9.59 Å². The predicted octanol–water partition coefficient (Wildman–Crippen LogP) is -0.422. The van der Waals surface area contributed by atoms with Crippen molar-refractivity contribution in [2.24, 2.45) is 11.5 Å². The second-order valence-electron chi connectivity index (χ2n) is 5.85. The van der Waals surface area contributed by atoms with E-state index in [0.717, 1.165) is 10.4 Å². The molecule has 1 aromatic carbocycles. The molecular formula is C17H22N7O3. The Morgan fingerprint density at radius 2 is 1.93 bits per heavy atom. The highest BCUT2D eigenvalue weighted by atomic mass is 16.2. The lowest BCUT2D eigenvalue weighted by Crippen LogP contribution is -2.37. The van der Waals surface area contributed by atoms with Crippen LogP contribution < -0.4 is 16.8 Å². The highest BCUT2D eigenvalue weighted by Gasteiger charge is 2.31. The summed E-state index contributed by atoms with van der Waals surface area (Å²) >= 11 is 0. The molecule has 1 atom stereocenters. The average Bonchev–Trinajstić information content (AvgIpc) is 3.14. The van der Waals surface area contributed by atoms with Crippen molar-refractivity contribution >= 4 is 17.7 Å². The first-order valence-corrected chi connectivity index (χ1v) is 8.48. The Hall–Kier alpha value is -3.14. The predicted molar refractivity (Wildman–Crippen MR) is 96.2 cm³/mol. The Balaban J connectivity index is 2.25. The molecular weight excluding hydrogens is 350 g/mol. The fourth-order valence-corrected chi connectivity index (χ4v) is 2.37. The molecule has 2 rings (SSSR count). The topological polar surface area (TPSA) is 159 Å². The van der Waals surface area contributed by atoms with Gasteiger partial charge in [0, 0.05) is 13.0 Å². The van der Waals surface area contributed by atoms with Crippen molar-refractivity contribution < 1.29 is 14.4 Å². The largest absolute Gasteiger partial charge is 0.370 e. The van der Waals surface area contributed by atoms with Crippen LogP contribution in [0.2, 0.25) is 0 Å². The third kappa shape index (κ3) is 5.68. The smallest absolute Gasteiger partial charge is 0.360 e. The van der Waals surface area contributed by atoms with E-state index in [2.05, 4.69) is 20.7 Å². The van der Waals surface area contributed by atoms with Crippen LogP contribution in [-0.4, -0.2) is 50.5 Å². The number of rotatable bonds is 9. The first-order valence-electron chi connectivity index (χ1n) is 8.48. The Morgan fingerprint density at radius 1 is 1.22 bits per heavy atom. The monoisotopic (exact) mass is 372 g/mol. The SMILES string of the molecule is CCNC(=O)n1nnc([C](Cc2ccccc2)C(=O)[C@@H](N)CCC(N)=O)n1. The standard InChI is InChI=1S/C17H22N7O3/c1-2-20-17(27)24-22-16(21-23-24)12(10-11-6-4-3-5-7-11)15(26)13(18)8-9-14(19)25/h3-7,13H,2,8-10,18H2,1H3,(H2,19,25)(H,20,27)/t13-/m0/s1. The minimum Gasteiger partial charge on any atom is -0.370 e. The van der Waals surface area contributed by atoms with Gasteiger partial charge in [-0.1, -0.05) is 35.1 Å². The highest BCUT2D eigenvalue weighted by molar-refractivity contribution is 5.99. The zero-order valence-electron chi connectivity index (χ0n) is 15.0. The molecule has 0 aliphatic carbocycles. The number of amides is 2. The lowest BCUT2D eigenvalue weighted by atomic mass is 9.89. The van der Waals surface area contributed by atoms with Gasteiger partial charge in [0.25, 0.3) is 0 Å². The van der Waals surface area contributed by atoms with Crippen molar-refractivity contribution in [1.82, 2.24) is 25.5 Å². The molecule has 1 heterocycles. The summed E-state index contributed by atoms with van der Waals surface area (Å²) in [4.78, 5) is 36.4. The van der Waals surface area contributed by atoms with E-state index < -0.39 is 23.8 Å². The van der Waals surface area contributed by atoms with E-state index in [1.807, 2.05) is 30.3 Å². The van der Waals surface area contributed by atoms with Crippen molar-refractivity contribution in [3.63, 3.8) is 0 Å². The van der Waals surface area contributed by atoms with Gasteiger partial charge in [0.2, 0.25) is 5.91 Å². The molecule has 0 fully saturated rings. The highest BCUT2D eigenvalue weighted by Crippen LogP contribution is 2.20. The number of hydrogen-bond donors (Lipinski definition) is 3. The fourth-order valence-electron chi connectivity index (χ4n) is 2.37. The van der Waals surface area contributed by atoms with E-state index in [4.69, 9.17) is 11.5 Å². The number of nitrogens with zero attached hydrogens (tertiary/aromatic N) is 4. The average molecular weight is 372 g/mol. The van der Waals surface area contributed by atoms with E-state index >= 15 is 0 Å². The van der Waals surface area contributed by atoms with Crippen LogP contribution in [0.1, 0.15) is 31.2 Å². The van der Waals surface area contributed by atoms with Crippen LogP contribution in [0, 0.1) is 5.92 Å². The zero-order chi connectivity index (χ0) is 19.8. The Kier molecular flexibility index (Phi) is 7.12. The maximum absolute atomic E-state index is 12.8. The molecule has 1 radical (unpaired) electrons. The number of nitrogens with two attached hydrogens (primary N) is 2. The van der Waals surface area contributed by atoms with Gasteiger partial charge in [0.05, 0.1) is 6.04 Å². The molecule has 2 amide bonds. The summed E-state index contributed by atoms with van der Waals surface area (Å²) in [6.07, 6.45) is 0.312. The maximum Gasteiger partial charge on any atom is 0.360 e. The van der Waals surface area contributed by atoms with Gasteiger partial charge in [-0.2, -0.15) is 0 Å². The van der Waals surface area contributed by atoms with Crippen LogP contribution in [0.15, 0.2) is 30.3 Å². The summed E-state index contributed by atoms with van der Waals surface area (Å²) in [5.41, 5.74) is 11.9. The number of aromatic nitrogens is 4. The first-order chi connectivity index (χ1) is 12.9. The van der Waals surface area contributed by atoms with Crippen molar-refractivity contribution in [2.75, 3.05) is 6.54 Å². The van der Waals surface area contributed by atoms with E-state index in [0.29, 0.717) is 6.54 Å². The van der Waals surface area contributed by atoms with E-state index in [1.165, 1.54) is 0 Å². The normalized spacial score (nSPS) is 12.0. The number of benzene rings is 1. The van der Waals surface area contributed by atoms with Crippen LogP contribution in [0.4, 0.5) is 4.79 Å². The van der Waals surface area contributed by atoms with Crippen molar-refractivity contribution in [3.05, 3.63) is 47.6 Å². The molecule has 10 nitrogen and oxygen atoms in total. The molecule has 143 valence electrons. The molecule has 0 aliphatic heterocycles. The molecule has 0 spiro atoms. The van der Waals surface area contributed by atoms with Crippen LogP contribution in [0.25, 0.3) is 0 Å². The first kappa shape index (κ1) is 20.2. The third-order valence-electron chi connectivity index (χ3n) is 3.75. The van der Waals surface area contributed by atoms with Crippen molar-refractivity contribution in [1.29, 1.82) is 0 Å². The summed E-state index contributed by atoms with van der Waals surface area (Å²) < 4.78 is 0.